The normalized spacial score (nSPS) is 28.1. The molecule has 3 aliphatic rings. The van der Waals surface area contributed by atoms with Crippen LogP contribution in [-0.4, -0.2) is 156 Å². The number of methoxy groups -OCH3 is 1. The number of imidazole rings is 3. The second-order valence-corrected chi connectivity index (χ2v) is 25.2. The zero-order valence-corrected chi connectivity index (χ0v) is 47.5. The zero-order valence-electron chi connectivity index (χ0n) is 43.9. The van der Waals surface area contributed by atoms with Crippen LogP contribution in [0.1, 0.15) is 24.2 Å². The molecule has 16 atom stereocenters. The molecule has 0 bridgehead atoms. The third-order valence-corrected chi connectivity index (χ3v) is 18.8. The maximum atomic E-state index is 13.8. The highest BCUT2D eigenvalue weighted by atomic mass is 31.3. The lowest BCUT2D eigenvalue weighted by atomic mass is 10.1. The lowest BCUT2D eigenvalue weighted by molar-refractivity contribution is -0.745. The van der Waals surface area contributed by atoms with Gasteiger partial charge in [-0.2, -0.15) is 4.98 Å². The monoisotopic (exact) mass is 1280 g/mol. The number of nitrogens with one attached hydrogen (secondary N) is 2. The first-order valence-corrected chi connectivity index (χ1v) is 30.9. The number of H-pyrrole nitrogens is 1. The first kappa shape index (κ1) is 61.2. The van der Waals surface area contributed by atoms with Crippen molar-refractivity contribution in [3.63, 3.8) is 0 Å². The zero-order chi connectivity index (χ0) is 61.4. The lowest BCUT2D eigenvalue weighted by Crippen LogP contribution is -2.46. The van der Waals surface area contributed by atoms with E-state index in [4.69, 9.17) is 44.0 Å². The van der Waals surface area contributed by atoms with E-state index < -0.39 is 142 Å². The van der Waals surface area contributed by atoms with Crippen molar-refractivity contribution < 1.29 is 114 Å². The number of aliphatic hydroxyl groups excluding tert-OH is 4. The van der Waals surface area contributed by atoms with Gasteiger partial charge in [-0.15, -0.1) is 0 Å². The minimum atomic E-state index is -6.62. The molecule has 0 aliphatic carbocycles. The molecule has 86 heavy (non-hydrogen) atoms. The third kappa shape index (κ3) is 12.4. The Hall–Kier alpha value is -6.45. The summed E-state index contributed by atoms with van der Waals surface area (Å²) in [4.78, 5) is 95.9. The third-order valence-electron chi connectivity index (χ3n) is 13.7. The number of aromatic amines is 1. The minimum Gasteiger partial charge on any atom is -0.856 e. The fourth-order valence-electron chi connectivity index (χ4n) is 9.86. The number of phosphoric ester groups is 3. The molecule has 3 fully saturated rings. The molecule has 0 amide bonds. The number of aliphatic hydroxyl groups is 4. The summed E-state index contributed by atoms with van der Waals surface area (Å²) < 4.78 is 108. The average Bonchev–Trinajstić information content (AvgIpc) is 1.72. The number of ether oxygens (including phenoxy) is 4. The molecule has 3 saturated heterocycles. The fraction of sp³-hybridized carbons (Fsp3) is 0.419. The number of fused-ring (bicyclic) bond motifs is 4. The number of nitrogens with zero attached hydrogens (tertiary/aromatic N) is 11. The molecular weight excluding hydrogens is 1230 g/mol. The van der Waals surface area contributed by atoms with E-state index in [1.165, 1.54) is 28.8 Å². The van der Waals surface area contributed by atoms with Crippen LogP contribution in [0.5, 0.6) is 5.88 Å². The van der Waals surface area contributed by atoms with Gasteiger partial charge in [-0.25, -0.2) is 38.1 Å². The number of hydrogen-bond acceptors (Lipinski definition) is 34. The Kier molecular flexibility index (Phi) is 16.8. The van der Waals surface area contributed by atoms with E-state index in [1.807, 2.05) is 42.5 Å². The summed E-state index contributed by atoms with van der Waals surface area (Å²) in [5, 5.41) is 61.1. The van der Waals surface area contributed by atoms with Gasteiger partial charge in [0.1, 0.15) is 61.3 Å². The van der Waals surface area contributed by atoms with Gasteiger partial charge in [0.05, 0.1) is 39.5 Å². The van der Waals surface area contributed by atoms with Crippen LogP contribution in [0.15, 0.2) is 72.6 Å². The standard InChI is InChI=1S/C43H51N15O24P4/c1-55-17-58(36-26(55)38(64)54-43(45)52-36)40-30(62)28(60)22(78-40)12-75-84(67,68)81-86(71,72)82-85(69,70)76-13-23-31(80-83(65,66)74-11-21-27(59)29(61)39(77-21)57-16-50-25-35(57)51-42(44)53-37(25)63)32(73-2)41(79-23)56-15-49-24-33(47-14-48-34(24)56)46-10-18-7-8-19-5-3-4-6-20(19)9-18/h3-9,14-17,21-23,27-32,39-41,59-62H,10-13H2,1-2H3,(H10-,44,45,46,47,48,51,52,53,54,63,64,65,66,67,68,69,70,71,72)/p-4/t21-,22-,23-,27?,28?,29+,30?,31?,32+,39-,40-,41-/m1/s1. The van der Waals surface area contributed by atoms with Crippen molar-refractivity contribution in [1.29, 1.82) is 0 Å². The van der Waals surface area contributed by atoms with Gasteiger partial charge in [0.15, 0.2) is 52.4 Å². The van der Waals surface area contributed by atoms with Crippen LogP contribution in [0.4, 0.5) is 17.7 Å². The maximum absolute atomic E-state index is 13.8. The van der Waals surface area contributed by atoms with Gasteiger partial charge in [-0.3, -0.25) is 41.7 Å². The molecule has 0 radical (unpaired) electrons. The molecule has 9 heterocycles. The SMILES string of the molecule is CO[C@H]1C(OP(=O)([O-])OC[C@H]2O[C@@H](n3cnc4c(=O)[nH]c(N)nc43)[C@@H](O)C2O)[C@@H](COP(=O)([O-])OP(=O)([O-])OP(=O)([O-])OC[C@H]2O[C@@H]([n+]3cn(C)c4c([O-])nc(N)nc43)C(O)C2O)O[C@H]1n1cnc2c(NCc3ccc4ccccc4c3)ncnc21. The number of nitrogen functional groups attached to an aromatic ring is 2. The first-order valence-electron chi connectivity index (χ1n) is 25.0. The lowest BCUT2D eigenvalue weighted by Gasteiger charge is -2.35. The molecule has 10 N–H and O–H groups in total. The van der Waals surface area contributed by atoms with E-state index in [0.717, 1.165) is 45.2 Å². The Bertz CT molecular complexity index is 4140. The Morgan fingerprint density at radius 3 is 2.06 bits per heavy atom. The van der Waals surface area contributed by atoms with E-state index in [2.05, 4.69) is 58.3 Å². The van der Waals surface area contributed by atoms with E-state index in [-0.39, 0.29) is 51.8 Å². The number of benzene rings is 2. The van der Waals surface area contributed by atoms with Crippen molar-refractivity contribution in [2.75, 3.05) is 43.7 Å². The van der Waals surface area contributed by atoms with E-state index in [0.29, 0.717) is 0 Å². The summed E-state index contributed by atoms with van der Waals surface area (Å²) in [6.07, 6.45) is -16.7. The van der Waals surface area contributed by atoms with Crippen molar-refractivity contribution >= 4 is 93.3 Å². The molecule has 8 aromatic rings. The quantitative estimate of drug-likeness (QED) is 0.0235. The van der Waals surface area contributed by atoms with E-state index >= 15 is 0 Å². The number of rotatable bonds is 22. The Morgan fingerprint density at radius 1 is 0.721 bits per heavy atom. The van der Waals surface area contributed by atoms with Gasteiger partial charge in [-0.05, 0) is 22.4 Å². The minimum absolute atomic E-state index is 0.0309. The van der Waals surface area contributed by atoms with Gasteiger partial charge >= 0.3 is 5.65 Å². The molecule has 462 valence electrons. The van der Waals surface area contributed by atoms with Gasteiger partial charge in [-0.1, -0.05) is 41.4 Å². The fourth-order valence-corrected chi connectivity index (χ4v) is 14.2. The molecular formula is C43H47N15O24P4-4. The number of anilines is 3. The van der Waals surface area contributed by atoms with E-state index in [9.17, 15) is 68.2 Å². The number of nitrogens with two attached hydrogens (primary N) is 2. The van der Waals surface area contributed by atoms with Gasteiger partial charge in [0, 0.05) is 19.5 Å². The van der Waals surface area contributed by atoms with Crippen LogP contribution in [0, 0.1) is 0 Å². The number of phosphoric acid groups is 4. The molecule has 0 saturated carbocycles. The van der Waals surface area contributed by atoms with Gasteiger partial charge in [0.25, 0.3) is 42.8 Å². The number of aryl methyl sites for hydroxylation is 1. The number of aromatic nitrogens is 12. The first-order chi connectivity index (χ1) is 40.7. The summed E-state index contributed by atoms with van der Waals surface area (Å²) >= 11 is 0. The summed E-state index contributed by atoms with van der Waals surface area (Å²) in [5.41, 5.74) is 10.9. The smallest absolute Gasteiger partial charge is 0.309 e. The van der Waals surface area contributed by atoms with Crippen molar-refractivity contribution in [1.82, 2.24) is 53.6 Å². The van der Waals surface area contributed by atoms with Crippen molar-refractivity contribution in [2.45, 2.75) is 80.2 Å². The van der Waals surface area contributed by atoms with Crippen LogP contribution in [0.2, 0.25) is 0 Å². The van der Waals surface area contributed by atoms with Crippen molar-refractivity contribution in [3.05, 3.63) is 83.7 Å². The molecule has 43 heteroatoms. The highest BCUT2D eigenvalue weighted by Crippen LogP contribution is 2.63. The van der Waals surface area contributed by atoms with Crippen LogP contribution < -0.4 is 51.6 Å². The molecule has 3 aliphatic heterocycles. The summed E-state index contributed by atoms with van der Waals surface area (Å²) in [6.45, 7) is -3.50. The predicted molar refractivity (Wildman–Crippen MR) is 274 cm³/mol. The second-order valence-electron chi connectivity index (χ2n) is 19.3. The molecule has 6 aromatic heterocycles. The van der Waals surface area contributed by atoms with Gasteiger partial charge < -0.3 is 98.9 Å². The Morgan fingerprint density at radius 2 is 1.35 bits per heavy atom. The average molecular weight is 1280 g/mol. The molecule has 11 rings (SSSR count). The summed E-state index contributed by atoms with van der Waals surface area (Å²) in [6, 6.07) is 13.5. The van der Waals surface area contributed by atoms with Crippen molar-refractivity contribution in [3.8, 4) is 5.88 Å². The molecule has 8 unspecified atom stereocenters. The molecule has 2 aromatic carbocycles. The van der Waals surface area contributed by atoms with Gasteiger partial charge in [0.2, 0.25) is 12.2 Å². The molecule has 39 nitrogen and oxygen atoms in total. The Labute approximate surface area is 479 Å². The largest absolute Gasteiger partial charge is 0.856 e. The van der Waals surface area contributed by atoms with Crippen LogP contribution >= 0.6 is 31.3 Å². The van der Waals surface area contributed by atoms with Crippen LogP contribution in [0.25, 0.3) is 44.3 Å². The molecule has 0 spiro atoms. The Balaban J connectivity index is 0.783. The topological polar surface area (TPSA) is 563 Å². The van der Waals surface area contributed by atoms with Crippen LogP contribution in [-0.2, 0) is 77.5 Å². The predicted octanol–water partition coefficient (Wildman–Crippen LogP) is -4.28. The van der Waals surface area contributed by atoms with Crippen LogP contribution in [0.3, 0.4) is 0 Å². The highest BCUT2D eigenvalue weighted by Gasteiger charge is 2.51. The van der Waals surface area contributed by atoms with Crippen molar-refractivity contribution in [2.24, 2.45) is 7.05 Å². The van der Waals surface area contributed by atoms with E-state index in [1.54, 1.807) is 0 Å². The summed E-state index contributed by atoms with van der Waals surface area (Å²) in [7, 11) is -22.5. The summed E-state index contributed by atoms with van der Waals surface area (Å²) in [5.74, 6) is -1.38. The highest BCUT2D eigenvalue weighted by molar-refractivity contribution is 7.65. The number of hydrogen-bond donors (Lipinski definition) is 8. The maximum Gasteiger partial charge on any atom is 0.309 e. The second kappa shape index (κ2) is 23.6.